The topological polar surface area (TPSA) is 54.5 Å². The van der Waals surface area contributed by atoms with E-state index in [0.717, 1.165) is 30.9 Å². The van der Waals surface area contributed by atoms with Gasteiger partial charge in [0, 0.05) is 36.8 Å². The summed E-state index contributed by atoms with van der Waals surface area (Å²) in [6.45, 7) is 7.49. The summed E-state index contributed by atoms with van der Waals surface area (Å²) in [6, 6.07) is 0.775. The van der Waals surface area contributed by atoms with Gasteiger partial charge in [-0.1, -0.05) is 6.42 Å². The fraction of sp³-hybridized carbons (Fsp3) is 0.789. The number of amides is 1. The minimum atomic E-state index is -0.433. The van der Waals surface area contributed by atoms with Crippen molar-refractivity contribution in [1.29, 1.82) is 0 Å². The number of likely N-dealkylation sites (tertiary alicyclic amines) is 1. The van der Waals surface area contributed by atoms with Crippen LogP contribution in [0.2, 0.25) is 0 Å². The number of aromatic nitrogens is 1. The van der Waals surface area contributed by atoms with Gasteiger partial charge in [0.15, 0.2) is 0 Å². The molecule has 1 amide bonds. The van der Waals surface area contributed by atoms with Crippen LogP contribution in [-0.2, 0) is 11.3 Å². The molecule has 140 valence electrons. The molecular weight excluding hydrogens is 334 g/mol. The fourth-order valence-electron chi connectivity index (χ4n) is 4.21. The van der Waals surface area contributed by atoms with Crippen molar-refractivity contribution in [3.8, 4) is 0 Å². The number of piperidine rings is 1. The molecule has 5 nitrogen and oxygen atoms in total. The molecule has 0 spiro atoms. The van der Waals surface area contributed by atoms with Crippen molar-refractivity contribution in [2.24, 2.45) is 5.92 Å². The SMILES string of the molecule is CC(C)(C)OC(=O)N1CCCCC1C1CCCC1NCc1nccs1. The van der Waals surface area contributed by atoms with E-state index < -0.39 is 5.60 Å². The number of hydrogen-bond donors (Lipinski definition) is 1. The molecule has 1 aromatic heterocycles. The molecule has 3 atom stereocenters. The van der Waals surface area contributed by atoms with E-state index in [0.29, 0.717) is 18.0 Å². The highest BCUT2D eigenvalue weighted by molar-refractivity contribution is 7.09. The second kappa shape index (κ2) is 8.04. The predicted molar refractivity (Wildman–Crippen MR) is 101 cm³/mol. The van der Waals surface area contributed by atoms with E-state index in [1.54, 1.807) is 11.3 Å². The van der Waals surface area contributed by atoms with Crippen LogP contribution in [-0.4, -0.2) is 40.2 Å². The molecule has 25 heavy (non-hydrogen) atoms. The largest absolute Gasteiger partial charge is 0.444 e. The zero-order chi connectivity index (χ0) is 17.9. The van der Waals surface area contributed by atoms with Crippen molar-refractivity contribution in [3.05, 3.63) is 16.6 Å². The maximum Gasteiger partial charge on any atom is 0.410 e. The van der Waals surface area contributed by atoms with Gasteiger partial charge in [-0.15, -0.1) is 11.3 Å². The molecule has 2 fully saturated rings. The fourth-order valence-corrected chi connectivity index (χ4v) is 4.78. The van der Waals surface area contributed by atoms with Gasteiger partial charge in [-0.05, 0) is 58.8 Å². The van der Waals surface area contributed by atoms with Gasteiger partial charge < -0.3 is 15.0 Å². The van der Waals surface area contributed by atoms with E-state index in [1.807, 2.05) is 37.2 Å². The summed E-state index contributed by atoms with van der Waals surface area (Å²) in [4.78, 5) is 19.1. The van der Waals surface area contributed by atoms with E-state index in [-0.39, 0.29) is 6.09 Å². The smallest absolute Gasteiger partial charge is 0.410 e. The minimum absolute atomic E-state index is 0.136. The van der Waals surface area contributed by atoms with Crippen LogP contribution >= 0.6 is 11.3 Å². The highest BCUT2D eigenvalue weighted by atomic mass is 32.1. The average molecular weight is 366 g/mol. The zero-order valence-corrected chi connectivity index (χ0v) is 16.5. The first-order valence-corrected chi connectivity index (χ1v) is 10.4. The van der Waals surface area contributed by atoms with Gasteiger partial charge in [0.1, 0.15) is 10.6 Å². The van der Waals surface area contributed by atoms with Crippen molar-refractivity contribution < 1.29 is 9.53 Å². The Morgan fingerprint density at radius 3 is 2.88 bits per heavy atom. The number of nitrogens with zero attached hydrogens (tertiary/aromatic N) is 2. The molecule has 2 aliphatic rings. The van der Waals surface area contributed by atoms with Crippen LogP contribution in [0, 0.1) is 5.92 Å². The van der Waals surface area contributed by atoms with Gasteiger partial charge in [0.05, 0.1) is 0 Å². The predicted octanol–water partition coefficient (Wildman–Crippen LogP) is 4.19. The Balaban J connectivity index is 1.64. The zero-order valence-electron chi connectivity index (χ0n) is 15.7. The van der Waals surface area contributed by atoms with Crippen LogP contribution in [0.5, 0.6) is 0 Å². The highest BCUT2D eigenvalue weighted by Gasteiger charge is 2.40. The normalized spacial score (nSPS) is 27.5. The van der Waals surface area contributed by atoms with E-state index in [9.17, 15) is 4.79 Å². The molecule has 0 radical (unpaired) electrons. The molecule has 0 bridgehead atoms. The lowest BCUT2D eigenvalue weighted by atomic mass is 9.87. The third-order valence-corrected chi connectivity index (χ3v) is 6.02. The van der Waals surface area contributed by atoms with Gasteiger partial charge >= 0.3 is 6.09 Å². The third kappa shape index (κ3) is 4.94. The molecule has 1 saturated carbocycles. The van der Waals surface area contributed by atoms with Crippen molar-refractivity contribution in [1.82, 2.24) is 15.2 Å². The number of hydrogen-bond acceptors (Lipinski definition) is 5. The van der Waals surface area contributed by atoms with Gasteiger partial charge in [-0.25, -0.2) is 9.78 Å². The number of ether oxygens (including phenoxy) is 1. The quantitative estimate of drug-likeness (QED) is 0.869. The molecule has 1 N–H and O–H groups in total. The second-order valence-corrected chi connectivity index (χ2v) is 9.22. The van der Waals surface area contributed by atoms with Crippen molar-refractivity contribution in [2.45, 2.75) is 83.5 Å². The first-order valence-electron chi connectivity index (χ1n) is 9.55. The molecule has 1 aliphatic heterocycles. The first kappa shape index (κ1) is 18.6. The summed E-state index contributed by atoms with van der Waals surface area (Å²) in [6.07, 6.45) is 8.73. The second-order valence-electron chi connectivity index (χ2n) is 8.24. The first-order chi connectivity index (χ1) is 11.9. The monoisotopic (exact) mass is 365 g/mol. The molecular formula is C19H31N3O2S. The van der Waals surface area contributed by atoms with Gasteiger partial charge in [0.25, 0.3) is 0 Å². The number of carbonyl (C=O) groups excluding carboxylic acids is 1. The molecule has 1 saturated heterocycles. The Morgan fingerprint density at radius 2 is 2.16 bits per heavy atom. The summed E-state index contributed by atoms with van der Waals surface area (Å²) in [5.74, 6) is 0.521. The molecule has 2 heterocycles. The number of nitrogens with one attached hydrogen (secondary N) is 1. The lowest BCUT2D eigenvalue weighted by Gasteiger charge is -2.41. The maximum atomic E-state index is 12.7. The molecule has 0 aromatic carbocycles. The molecule has 1 aromatic rings. The number of rotatable bonds is 4. The van der Waals surface area contributed by atoms with Gasteiger partial charge in [-0.3, -0.25) is 0 Å². The Labute approximate surface area is 155 Å². The molecule has 6 heteroatoms. The van der Waals surface area contributed by atoms with Crippen LogP contribution in [0.15, 0.2) is 11.6 Å². The molecule has 3 unspecified atom stereocenters. The average Bonchev–Trinajstić information content (AvgIpc) is 3.22. The van der Waals surface area contributed by atoms with Crippen LogP contribution in [0.4, 0.5) is 4.79 Å². The molecule has 1 aliphatic carbocycles. The van der Waals surface area contributed by atoms with E-state index in [2.05, 4.69) is 10.3 Å². The number of carbonyl (C=O) groups is 1. The summed E-state index contributed by atoms with van der Waals surface area (Å²) in [5, 5.41) is 6.87. The van der Waals surface area contributed by atoms with Crippen LogP contribution in [0.25, 0.3) is 0 Å². The summed E-state index contributed by atoms with van der Waals surface area (Å²) in [5.41, 5.74) is -0.433. The molecule has 3 rings (SSSR count). The van der Waals surface area contributed by atoms with Crippen LogP contribution in [0.3, 0.4) is 0 Å². The van der Waals surface area contributed by atoms with Gasteiger partial charge in [0.2, 0.25) is 0 Å². The summed E-state index contributed by atoms with van der Waals surface area (Å²) >= 11 is 1.70. The van der Waals surface area contributed by atoms with Gasteiger partial charge in [-0.2, -0.15) is 0 Å². The Morgan fingerprint density at radius 1 is 1.32 bits per heavy atom. The standard InChI is InChI=1S/C19H31N3O2S/c1-19(2,3)24-18(23)22-11-5-4-9-16(22)14-7-6-8-15(14)21-13-17-20-10-12-25-17/h10,12,14-16,21H,4-9,11,13H2,1-3H3. The number of thiazole rings is 1. The lowest BCUT2D eigenvalue weighted by Crippen LogP contribution is -2.52. The Hall–Kier alpha value is -1.14. The minimum Gasteiger partial charge on any atom is -0.444 e. The Kier molecular flexibility index (Phi) is 6.00. The third-order valence-electron chi connectivity index (χ3n) is 5.24. The summed E-state index contributed by atoms with van der Waals surface area (Å²) < 4.78 is 5.68. The van der Waals surface area contributed by atoms with Crippen LogP contribution < -0.4 is 5.32 Å². The van der Waals surface area contributed by atoms with Crippen molar-refractivity contribution in [2.75, 3.05) is 6.54 Å². The highest BCUT2D eigenvalue weighted by Crippen LogP contribution is 2.36. The Bertz CT molecular complexity index is 556. The lowest BCUT2D eigenvalue weighted by molar-refractivity contribution is -0.000139. The summed E-state index contributed by atoms with van der Waals surface area (Å²) in [7, 11) is 0. The van der Waals surface area contributed by atoms with E-state index in [1.165, 1.54) is 25.7 Å². The van der Waals surface area contributed by atoms with Crippen molar-refractivity contribution in [3.63, 3.8) is 0 Å². The van der Waals surface area contributed by atoms with E-state index >= 15 is 0 Å². The maximum absolute atomic E-state index is 12.7. The van der Waals surface area contributed by atoms with Crippen LogP contribution in [0.1, 0.15) is 64.3 Å². The van der Waals surface area contributed by atoms with Crippen molar-refractivity contribution >= 4 is 17.4 Å². The van der Waals surface area contributed by atoms with E-state index in [4.69, 9.17) is 4.74 Å².